The molecule has 4 heteroatoms. The summed E-state index contributed by atoms with van der Waals surface area (Å²) < 4.78 is 0.741. The third kappa shape index (κ3) is 1.90. The molecule has 88 valence electrons. The first-order valence-corrected chi connectivity index (χ1v) is 6.80. The van der Waals surface area contributed by atoms with Crippen LogP contribution in [-0.4, -0.2) is 6.54 Å². The average Bonchev–Trinajstić information content (AvgIpc) is 2.66. The first-order chi connectivity index (χ1) is 8.25. The van der Waals surface area contributed by atoms with Crippen molar-refractivity contribution in [3.8, 4) is 0 Å². The second-order valence-electron chi connectivity index (χ2n) is 4.20. The molecule has 0 spiro atoms. The molecule has 1 aromatic heterocycles. The Bertz CT molecular complexity index is 536. The van der Waals surface area contributed by atoms with Crippen LogP contribution >= 0.6 is 22.9 Å². The van der Waals surface area contributed by atoms with Crippen molar-refractivity contribution in [2.75, 3.05) is 17.2 Å². The van der Waals surface area contributed by atoms with Crippen molar-refractivity contribution in [2.45, 2.75) is 13.0 Å². The van der Waals surface area contributed by atoms with Gasteiger partial charge in [-0.25, -0.2) is 0 Å². The summed E-state index contributed by atoms with van der Waals surface area (Å²) in [5.74, 6) is 0. The first kappa shape index (κ1) is 10.9. The van der Waals surface area contributed by atoms with Crippen LogP contribution < -0.4 is 10.6 Å². The quantitative estimate of drug-likeness (QED) is 0.854. The van der Waals surface area contributed by atoms with E-state index in [0.717, 1.165) is 29.5 Å². The Morgan fingerprint density at radius 1 is 1.24 bits per heavy atom. The fourth-order valence-corrected chi connectivity index (χ4v) is 3.65. The highest BCUT2D eigenvalue weighted by molar-refractivity contribution is 7.17. The maximum Gasteiger partial charge on any atom is 0.116 e. The zero-order valence-electron chi connectivity index (χ0n) is 9.32. The van der Waals surface area contributed by atoms with Gasteiger partial charge in [0.2, 0.25) is 0 Å². The number of halogens is 1. The van der Waals surface area contributed by atoms with Crippen LogP contribution in [0.5, 0.6) is 0 Å². The Kier molecular flexibility index (Phi) is 2.73. The Morgan fingerprint density at radius 2 is 2.00 bits per heavy atom. The van der Waals surface area contributed by atoms with Gasteiger partial charge in [-0.3, -0.25) is 0 Å². The van der Waals surface area contributed by atoms with Gasteiger partial charge in [-0.15, -0.1) is 11.3 Å². The van der Waals surface area contributed by atoms with E-state index in [0.29, 0.717) is 0 Å². The summed E-state index contributed by atoms with van der Waals surface area (Å²) in [6.07, 6.45) is 0.985. The van der Waals surface area contributed by atoms with E-state index in [2.05, 4.69) is 29.2 Å². The van der Waals surface area contributed by atoms with Crippen LogP contribution in [0.1, 0.15) is 10.4 Å². The molecule has 0 fully saturated rings. The molecule has 0 radical (unpaired) electrons. The fourth-order valence-electron chi connectivity index (χ4n) is 2.25. The maximum atomic E-state index is 6.09. The van der Waals surface area contributed by atoms with E-state index in [1.165, 1.54) is 16.1 Å². The molecule has 0 aliphatic carbocycles. The monoisotopic (exact) mass is 264 g/mol. The predicted octanol–water partition coefficient (Wildman–Crippen LogP) is 3.55. The van der Waals surface area contributed by atoms with Crippen molar-refractivity contribution in [3.05, 3.63) is 45.1 Å². The van der Waals surface area contributed by atoms with E-state index < -0.39 is 0 Å². The van der Waals surface area contributed by atoms with Crippen LogP contribution in [0.2, 0.25) is 4.34 Å². The number of benzene rings is 1. The van der Waals surface area contributed by atoms with Crippen LogP contribution in [0.4, 0.5) is 11.4 Å². The van der Waals surface area contributed by atoms with Crippen molar-refractivity contribution < 1.29 is 0 Å². The zero-order chi connectivity index (χ0) is 11.8. The lowest BCUT2D eigenvalue weighted by molar-refractivity contribution is 0.746. The lowest BCUT2D eigenvalue weighted by Gasteiger charge is -2.29. The number of nitrogens with two attached hydrogens (primary N) is 1. The summed E-state index contributed by atoms with van der Waals surface area (Å²) in [5.41, 5.74) is 9.28. The Morgan fingerprint density at radius 3 is 2.76 bits per heavy atom. The van der Waals surface area contributed by atoms with Crippen molar-refractivity contribution in [3.63, 3.8) is 0 Å². The number of rotatable bonds is 1. The summed E-state index contributed by atoms with van der Waals surface area (Å²) >= 11 is 7.70. The SMILES string of the molecule is Nc1c(Cl)sc2c1CCN(c1ccccc1)C2. The molecule has 2 aromatic rings. The highest BCUT2D eigenvalue weighted by Crippen LogP contribution is 2.39. The second-order valence-corrected chi connectivity index (χ2v) is 5.91. The lowest BCUT2D eigenvalue weighted by atomic mass is 10.1. The number of fused-ring (bicyclic) bond motifs is 1. The molecule has 17 heavy (non-hydrogen) atoms. The van der Waals surface area contributed by atoms with E-state index in [1.807, 2.05) is 6.07 Å². The number of nitrogen functional groups attached to an aromatic ring is 1. The van der Waals surface area contributed by atoms with Crippen LogP contribution in [0.15, 0.2) is 30.3 Å². The Labute approximate surface area is 110 Å². The van der Waals surface area contributed by atoms with Gasteiger partial charge in [-0.05, 0) is 24.1 Å². The highest BCUT2D eigenvalue weighted by atomic mass is 35.5. The molecular formula is C13H13ClN2S. The summed E-state index contributed by atoms with van der Waals surface area (Å²) in [4.78, 5) is 3.68. The minimum absolute atomic E-state index is 0.741. The zero-order valence-corrected chi connectivity index (χ0v) is 10.9. The highest BCUT2D eigenvalue weighted by Gasteiger charge is 2.22. The van der Waals surface area contributed by atoms with Gasteiger partial charge in [0.1, 0.15) is 4.34 Å². The van der Waals surface area contributed by atoms with Crippen molar-refractivity contribution in [1.29, 1.82) is 0 Å². The molecular weight excluding hydrogens is 252 g/mol. The molecule has 1 aliphatic rings. The van der Waals surface area contributed by atoms with Gasteiger partial charge in [-0.2, -0.15) is 0 Å². The average molecular weight is 265 g/mol. The maximum absolute atomic E-state index is 6.09. The van der Waals surface area contributed by atoms with Crippen LogP contribution in [0, 0.1) is 0 Å². The molecule has 3 rings (SSSR count). The minimum Gasteiger partial charge on any atom is -0.397 e. The Balaban J connectivity index is 1.91. The van der Waals surface area contributed by atoms with Gasteiger partial charge in [0.05, 0.1) is 12.2 Å². The number of para-hydroxylation sites is 1. The molecule has 1 aromatic carbocycles. The standard InChI is InChI=1S/C13H13ClN2S/c14-13-12(15)10-6-7-16(8-11(10)17-13)9-4-2-1-3-5-9/h1-5H,6-8,15H2. The predicted molar refractivity (Wildman–Crippen MR) is 74.9 cm³/mol. The lowest BCUT2D eigenvalue weighted by Crippen LogP contribution is -2.29. The van der Waals surface area contributed by atoms with Crippen LogP contribution in [-0.2, 0) is 13.0 Å². The molecule has 2 heterocycles. The van der Waals surface area contributed by atoms with Gasteiger partial charge < -0.3 is 10.6 Å². The molecule has 1 aliphatic heterocycles. The largest absolute Gasteiger partial charge is 0.397 e. The topological polar surface area (TPSA) is 29.3 Å². The second kappa shape index (κ2) is 4.24. The molecule has 0 unspecified atom stereocenters. The summed E-state index contributed by atoms with van der Waals surface area (Å²) in [6, 6.07) is 10.5. The third-order valence-electron chi connectivity index (χ3n) is 3.17. The smallest absolute Gasteiger partial charge is 0.116 e. The number of hydrogen-bond donors (Lipinski definition) is 1. The van der Waals surface area contributed by atoms with Gasteiger partial charge in [-0.1, -0.05) is 29.8 Å². The molecule has 2 nitrogen and oxygen atoms in total. The molecule has 0 amide bonds. The number of anilines is 2. The Hall–Kier alpha value is -1.19. The van der Waals surface area contributed by atoms with E-state index >= 15 is 0 Å². The van der Waals surface area contributed by atoms with Crippen LogP contribution in [0.3, 0.4) is 0 Å². The third-order valence-corrected chi connectivity index (χ3v) is 4.63. The van der Waals surface area contributed by atoms with Crippen molar-refractivity contribution in [1.82, 2.24) is 0 Å². The van der Waals surface area contributed by atoms with Gasteiger partial charge in [0.25, 0.3) is 0 Å². The van der Waals surface area contributed by atoms with E-state index in [-0.39, 0.29) is 0 Å². The number of nitrogens with zero attached hydrogens (tertiary/aromatic N) is 1. The van der Waals surface area contributed by atoms with Gasteiger partial charge >= 0.3 is 0 Å². The first-order valence-electron chi connectivity index (χ1n) is 5.61. The summed E-state index contributed by atoms with van der Waals surface area (Å²) in [5, 5.41) is 0. The van der Waals surface area contributed by atoms with E-state index in [1.54, 1.807) is 11.3 Å². The summed E-state index contributed by atoms with van der Waals surface area (Å²) in [7, 11) is 0. The summed E-state index contributed by atoms with van der Waals surface area (Å²) in [6.45, 7) is 1.93. The van der Waals surface area contributed by atoms with E-state index in [4.69, 9.17) is 17.3 Å². The van der Waals surface area contributed by atoms with E-state index in [9.17, 15) is 0 Å². The normalized spacial score (nSPS) is 14.8. The number of hydrogen-bond acceptors (Lipinski definition) is 3. The molecule has 0 atom stereocenters. The molecule has 0 bridgehead atoms. The molecule has 2 N–H and O–H groups in total. The fraction of sp³-hybridized carbons (Fsp3) is 0.231. The van der Waals surface area contributed by atoms with Gasteiger partial charge in [0, 0.05) is 17.1 Å². The van der Waals surface area contributed by atoms with Gasteiger partial charge in [0.15, 0.2) is 0 Å². The minimum atomic E-state index is 0.741. The van der Waals surface area contributed by atoms with Crippen molar-refractivity contribution >= 4 is 34.3 Å². The van der Waals surface area contributed by atoms with Crippen molar-refractivity contribution in [2.24, 2.45) is 0 Å². The van der Waals surface area contributed by atoms with Crippen LogP contribution in [0.25, 0.3) is 0 Å². The molecule has 0 saturated carbocycles. The number of thiophene rings is 1. The molecule has 0 saturated heterocycles.